The molecule has 2 aliphatic heterocycles. The highest BCUT2D eigenvalue weighted by Gasteiger charge is 2.50. The molecule has 5 N–H and O–H groups in total. The van der Waals surface area contributed by atoms with Crippen LogP contribution in [0.2, 0.25) is 0 Å². The van der Waals surface area contributed by atoms with Crippen molar-refractivity contribution in [2.24, 2.45) is 10.2 Å². The summed E-state index contributed by atoms with van der Waals surface area (Å²) in [6.07, 6.45) is -3.48. The first-order chi connectivity index (χ1) is 9.96. The number of aliphatic hydroxyl groups is 3. The molecule has 0 bridgehead atoms. The standard InChI is InChI=1S/C10H12IN5O5/c11-10(4-7(12)13-2-14-8(4)15-16-10)21-9-6(19)5(18)3(1-17)20-9/h2-3,5-6,9,17-19H,1H2,(H2,12,13,14)/t3-,5-,6-,9?,10?/m1/s1. The van der Waals surface area contributed by atoms with Gasteiger partial charge in [0.05, 0.1) is 6.61 Å². The summed E-state index contributed by atoms with van der Waals surface area (Å²) in [4.78, 5) is 7.78. The minimum absolute atomic E-state index is 0.145. The lowest BCUT2D eigenvalue weighted by molar-refractivity contribution is -0.199. The molecule has 1 saturated heterocycles. The van der Waals surface area contributed by atoms with E-state index in [4.69, 9.17) is 20.3 Å². The Balaban J connectivity index is 1.86. The van der Waals surface area contributed by atoms with Crippen LogP contribution in [-0.2, 0) is 13.2 Å². The molecule has 114 valence electrons. The van der Waals surface area contributed by atoms with Crippen LogP contribution in [0.3, 0.4) is 0 Å². The number of nitrogens with two attached hydrogens (primary N) is 1. The molecule has 3 heterocycles. The number of azo groups is 1. The van der Waals surface area contributed by atoms with Crippen molar-refractivity contribution in [1.82, 2.24) is 9.97 Å². The normalized spacial score (nSPS) is 37.9. The second-order valence-corrected chi connectivity index (χ2v) is 6.01. The highest BCUT2D eigenvalue weighted by atomic mass is 127. The third-order valence-corrected chi connectivity index (χ3v) is 4.22. The Morgan fingerprint density at radius 1 is 1.38 bits per heavy atom. The summed E-state index contributed by atoms with van der Waals surface area (Å²) < 4.78 is 9.49. The predicted molar refractivity (Wildman–Crippen MR) is 75.5 cm³/mol. The maximum atomic E-state index is 9.90. The number of alkyl halides is 1. The summed E-state index contributed by atoms with van der Waals surface area (Å²) in [7, 11) is 0. The van der Waals surface area contributed by atoms with E-state index in [1.165, 1.54) is 6.33 Å². The molecule has 11 heteroatoms. The summed E-state index contributed by atoms with van der Waals surface area (Å²) >= 11 is 1.83. The largest absolute Gasteiger partial charge is 0.394 e. The lowest BCUT2D eigenvalue weighted by atomic mass is 10.1. The van der Waals surface area contributed by atoms with Crippen LogP contribution in [0, 0.1) is 0 Å². The van der Waals surface area contributed by atoms with Gasteiger partial charge in [-0.15, -0.1) is 10.2 Å². The number of fused-ring (bicyclic) bond motifs is 1. The maximum absolute atomic E-state index is 9.90. The van der Waals surface area contributed by atoms with Gasteiger partial charge in [0.2, 0.25) is 0 Å². The number of ether oxygens (including phenoxy) is 2. The second kappa shape index (κ2) is 5.33. The zero-order chi connectivity index (χ0) is 15.2. The number of halogens is 1. The van der Waals surface area contributed by atoms with Crippen molar-refractivity contribution >= 4 is 34.2 Å². The molecule has 2 aliphatic rings. The molecule has 0 spiro atoms. The summed E-state index contributed by atoms with van der Waals surface area (Å²) in [6.45, 7) is -0.449. The Labute approximate surface area is 132 Å². The van der Waals surface area contributed by atoms with Gasteiger partial charge in [0.15, 0.2) is 12.1 Å². The van der Waals surface area contributed by atoms with Crippen LogP contribution in [0.5, 0.6) is 0 Å². The second-order valence-electron chi connectivity index (χ2n) is 4.54. The summed E-state index contributed by atoms with van der Waals surface area (Å²) in [5.74, 6) is 0.412. The van der Waals surface area contributed by atoms with Crippen LogP contribution < -0.4 is 5.73 Å². The molecule has 0 aromatic carbocycles. The van der Waals surface area contributed by atoms with Crippen molar-refractivity contribution in [3.05, 3.63) is 11.9 Å². The van der Waals surface area contributed by atoms with Crippen molar-refractivity contribution < 1.29 is 24.8 Å². The molecule has 1 fully saturated rings. The Hall–Kier alpha value is -0.990. The summed E-state index contributed by atoms with van der Waals surface area (Å²) in [6, 6.07) is 0. The Bertz CT molecular complexity index is 589. The number of aliphatic hydroxyl groups excluding tert-OH is 3. The molecule has 3 rings (SSSR count). The molecule has 5 atom stereocenters. The molecular formula is C10H12IN5O5. The van der Waals surface area contributed by atoms with Crippen LogP contribution in [0.15, 0.2) is 16.6 Å². The van der Waals surface area contributed by atoms with Crippen LogP contribution in [0.25, 0.3) is 0 Å². The quantitative estimate of drug-likeness (QED) is 0.286. The predicted octanol–water partition coefficient (Wildman–Crippen LogP) is -0.843. The molecule has 1 aromatic heterocycles. The molecule has 10 nitrogen and oxygen atoms in total. The zero-order valence-corrected chi connectivity index (χ0v) is 12.7. The summed E-state index contributed by atoms with van der Waals surface area (Å²) in [5, 5.41) is 36.5. The lowest BCUT2D eigenvalue weighted by Crippen LogP contribution is -2.37. The first-order valence-corrected chi connectivity index (χ1v) is 7.07. The minimum Gasteiger partial charge on any atom is -0.394 e. The molecular weight excluding hydrogens is 397 g/mol. The van der Waals surface area contributed by atoms with Gasteiger partial charge in [0, 0.05) is 0 Å². The fourth-order valence-electron chi connectivity index (χ4n) is 2.12. The van der Waals surface area contributed by atoms with E-state index in [-0.39, 0.29) is 11.6 Å². The van der Waals surface area contributed by atoms with E-state index in [1.54, 1.807) is 0 Å². The zero-order valence-electron chi connectivity index (χ0n) is 10.5. The van der Waals surface area contributed by atoms with Gasteiger partial charge in [-0.1, -0.05) is 0 Å². The van der Waals surface area contributed by atoms with E-state index in [2.05, 4.69) is 20.2 Å². The highest BCUT2D eigenvalue weighted by molar-refractivity contribution is 14.1. The van der Waals surface area contributed by atoms with E-state index in [0.717, 1.165) is 0 Å². The van der Waals surface area contributed by atoms with Crippen LogP contribution in [0.4, 0.5) is 11.6 Å². The van der Waals surface area contributed by atoms with Gasteiger partial charge in [-0.3, -0.25) is 0 Å². The van der Waals surface area contributed by atoms with Gasteiger partial charge in [-0.25, -0.2) is 9.97 Å². The van der Waals surface area contributed by atoms with E-state index in [9.17, 15) is 10.2 Å². The SMILES string of the molecule is Nc1ncnc2c1C(I)(OC1O[C@H](CO)[C@@H](O)[C@H]1O)N=N2. The maximum Gasteiger partial charge on any atom is 0.266 e. The number of rotatable bonds is 3. The van der Waals surface area contributed by atoms with Crippen LogP contribution in [0.1, 0.15) is 5.56 Å². The van der Waals surface area contributed by atoms with Gasteiger partial charge in [0.25, 0.3) is 3.73 Å². The van der Waals surface area contributed by atoms with Crippen molar-refractivity contribution in [1.29, 1.82) is 0 Å². The van der Waals surface area contributed by atoms with Crippen LogP contribution >= 0.6 is 22.6 Å². The summed E-state index contributed by atoms with van der Waals surface area (Å²) in [5.41, 5.74) is 6.14. The molecule has 0 amide bonds. The van der Waals surface area contributed by atoms with Gasteiger partial charge >= 0.3 is 0 Å². The first kappa shape index (κ1) is 14.9. The molecule has 0 radical (unpaired) electrons. The van der Waals surface area contributed by atoms with Crippen molar-refractivity contribution in [3.63, 3.8) is 0 Å². The highest BCUT2D eigenvalue weighted by Crippen LogP contribution is 2.49. The average Bonchev–Trinajstić information content (AvgIpc) is 2.93. The van der Waals surface area contributed by atoms with Crippen molar-refractivity contribution in [3.8, 4) is 0 Å². The third-order valence-electron chi connectivity index (χ3n) is 3.21. The third kappa shape index (κ3) is 2.39. The number of hydrogen-bond donors (Lipinski definition) is 4. The van der Waals surface area contributed by atoms with E-state index in [1.807, 2.05) is 22.6 Å². The number of anilines is 1. The molecule has 1 aromatic rings. The van der Waals surface area contributed by atoms with Gasteiger partial charge < -0.3 is 30.5 Å². The fraction of sp³-hybridized carbons (Fsp3) is 0.600. The molecule has 0 saturated carbocycles. The number of nitrogen functional groups attached to an aromatic ring is 1. The van der Waals surface area contributed by atoms with E-state index < -0.39 is 34.9 Å². The topological polar surface area (TPSA) is 156 Å². The van der Waals surface area contributed by atoms with Gasteiger partial charge in [0.1, 0.15) is 36.0 Å². The lowest BCUT2D eigenvalue weighted by Gasteiger charge is -2.25. The monoisotopic (exact) mass is 409 g/mol. The van der Waals surface area contributed by atoms with E-state index in [0.29, 0.717) is 5.56 Å². The van der Waals surface area contributed by atoms with E-state index >= 15 is 0 Å². The van der Waals surface area contributed by atoms with Gasteiger partial charge in [-0.05, 0) is 22.6 Å². The first-order valence-electron chi connectivity index (χ1n) is 5.99. The Morgan fingerprint density at radius 3 is 2.81 bits per heavy atom. The Morgan fingerprint density at radius 2 is 2.14 bits per heavy atom. The molecule has 2 unspecified atom stereocenters. The average molecular weight is 409 g/mol. The number of nitrogens with zero attached hydrogens (tertiary/aromatic N) is 4. The molecule has 0 aliphatic carbocycles. The Kier molecular flexibility index (Phi) is 3.79. The number of hydrogen-bond acceptors (Lipinski definition) is 10. The van der Waals surface area contributed by atoms with Crippen molar-refractivity contribution in [2.45, 2.75) is 28.3 Å². The minimum atomic E-state index is -1.37. The molecule has 21 heavy (non-hydrogen) atoms. The van der Waals surface area contributed by atoms with Crippen LogP contribution in [-0.4, -0.2) is 56.5 Å². The number of aromatic nitrogens is 2. The smallest absolute Gasteiger partial charge is 0.266 e. The van der Waals surface area contributed by atoms with Gasteiger partial charge in [-0.2, -0.15) is 0 Å². The van der Waals surface area contributed by atoms with Crippen molar-refractivity contribution in [2.75, 3.05) is 12.3 Å². The fourth-order valence-corrected chi connectivity index (χ4v) is 3.00.